The Balaban J connectivity index is 0.00000400. The van der Waals surface area contributed by atoms with Gasteiger partial charge in [-0.3, -0.25) is 4.79 Å². The van der Waals surface area contributed by atoms with E-state index in [1.54, 1.807) is 12.4 Å². The highest BCUT2D eigenvalue weighted by atomic mass is 35.5. The highest BCUT2D eigenvalue weighted by Crippen LogP contribution is 2.27. The highest BCUT2D eigenvalue weighted by molar-refractivity contribution is 5.95. The quantitative estimate of drug-likeness (QED) is 0.875. The van der Waals surface area contributed by atoms with Crippen molar-refractivity contribution in [3.8, 4) is 0 Å². The predicted octanol–water partition coefficient (Wildman–Crippen LogP) is 2.90. The molecule has 1 aromatic rings. The molecule has 0 bridgehead atoms. The molecule has 0 fully saturated rings. The number of hydrogen-bond acceptors (Lipinski definition) is 4. The molecule has 1 amide bonds. The molecule has 0 saturated carbocycles. The molecule has 0 aromatic carbocycles. The Morgan fingerprint density at radius 1 is 1.19 bits per heavy atom. The molecular weight excluding hydrogens is 288 g/mol. The Bertz CT molecular complexity index is 441. The number of anilines is 1. The number of nitrogens with two attached hydrogens (primary N) is 1. The molecule has 0 aliphatic carbocycles. The molecule has 1 aromatic heterocycles. The van der Waals surface area contributed by atoms with Gasteiger partial charge in [-0.2, -0.15) is 0 Å². The largest absolute Gasteiger partial charge is 0.329 e. The van der Waals surface area contributed by atoms with Crippen LogP contribution in [0.3, 0.4) is 0 Å². The van der Waals surface area contributed by atoms with Crippen LogP contribution in [-0.2, 0) is 10.2 Å². The third-order valence-corrected chi connectivity index (χ3v) is 3.81. The molecule has 120 valence electrons. The van der Waals surface area contributed by atoms with E-state index >= 15 is 0 Å². The second-order valence-corrected chi connectivity index (χ2v) is 6.19. The van der Waals surface area contributed by atoms with E-state index in [9.17, 15) is 4.79 Å². The Morgan fingerprint density at radius 3 is 2.00 bits per heavy atom. The van der Waals surface area contributed by atoms with Crippen molar-refractivity contribution in [3.05, 3.63) is 18.2 Å². The Morgan fingerprint density at radius 2 is 1.67 bits per heavy atom. The minimum Gasteiger partial charge on any atom is -0.329 e. The average molecular weight is 315 g/mol. The summed E-state index contributed by atoms with van der Waals surface area (Å²) in [5.74, 6) is 0.698. The maximum Gasteiger partial charge on any atom is 0.231 e. The number of rotatable bonds is 5. The lowest BCUT2D eigenvalue weighted by Gasteiger charge is -2.28. The first-order valence-electron chi connectivity index (χ1n) is 7.13. The number of carbonyl (C=O) groups is 1. The van der Waals surface area contributed by atoms with Gasteiger partial charge in [-0.15, -0.1) is 12.4 Å². The van der Waals surface area contributed by atoms with E-state index in [2.05, 4.69) is 15.3 Å². The summed E-state index contributed by atoms with van der Waals surface area (Å²) in [5.41, 5.74) is 5.77. The molecule has 1 rings (SSSR count). The minimum absolute atomic E-state index is 0. The fourth-order valence-electron chi connectivity index (χ4n) is 2.00. The topological polar surface area (TPSA) is 80.9 Å². The van der Waals surface area contributed by atoms with Crippen LogP contribution in [-0.4, -0.2) is 22.4 Å². The van der Waals surface area contributed by atoms with Crippen LogP contribution >= 0.6 is 12.4 Å². The lowest BCUT2D eigenvalue weighted by Crippen LogP contribution is -2.41. The summed E-state index contributed by atoms with van der Waals surface area (Å²) in [5, 5.41) is 2.87. The van der Waals surface area contributed by atoms with Crippen LogP contribution in [0.1, 0.15) is 53.3 Å². The third kappa shape index (κ3) is 4.64. The van der Waals surface area contributed by atoms with Gasteiger partial charge in [-0.1, -0.05) is 34.6 Å². The van der Waals surface area contributed by atoms with Crippen molar-refractivity contribution < 1.29 is 4.79 Å². The van der Waals surface area contributed by atoms with Gasteiger partial charge < -0.3 is 11.1 Å². The van der Waals surface area contributed by atoms with Crippen molar-refractivity contribution in [2.45, 2.75) is 52.9 Å². The Hall–Kier alpha value is -1.20. The van der Waals surface area contributed by atoms with Gasteiger partial charge in [0.1, 0.15) is 5.82 Å². The third-order valence-electron chi connectivity index (χ3n) is 3.81. The number of amides is 1. The molecule has 5 nitrogen and oxygen atoms in total. The van der Waals surface area contributed by atoms with E-state index in [1.165, 1.54) is 0 Å². The molecule has 0 atom stereocenters. The summed E-state index contributed by atoms with van der Waals surface area (Å²) in [6.07, 6.45) is 4.73. The average Bonchev–Trinajstić information content (AvgIpc) is 2.41. The normalized spacial score (nSPS) is 11.7. The zero-order valence-electron chi connectivity index (χ0n) is 13.6. The zero-order chi connectivity index (χ0) is 15.4. The zero-order valence-corrected chi connectivity index (χ0v) is 14.4. The summed E-state index contributed by atoms with van der Waals surface area (Å²) < 4.78 is 0. The van der Waals surface area contributed by atoms with E-state index in [0.717, 1.165) is 5.82 Å². The van der Waals surface area contributed by atoms with Crippen molar-refractivity contribution in [3.63, 3.8) is 0 Å². The first-order chi connectivity index (χ1) is 9.29. The van der Waals surface area contributed by atoms with Crippen LogP contribution < -0.4 is 11.1 Å². The van der Waals surface area contributed by atoms with E-state index in [-0.39, 0.29) is 23.7 Å². The van der Waals surface area contributed by atoms with Gasteiger partial charge in [0.05, 0.1) is 23.5 Å². The summed E-state index contributed by atoms with van der Waals surface area (Å²) in [6.45, 7) is 10.5. The molecule has 21 heavy (non-hydrogen) atoms. The van der Waals surface area contributed by atoms with E-state index < -0.39 is 5.41 Å². The van der Waals surface area contributed by atoms with E-state index in [0.29, 0.717) is 25.1 Å². The molecule has 1 heterocycles. The van der Waals surface area contributed by atoms with Crippen LogP contribution in [0.15, 0.2) is 12.4 Å². The molecule has 3 N–H and O–H groups in total. The Kier molecular flexibility index (Phi) is 7.27. The Labute approximate surface area is 133 Å². The van der Waals surface area contributed by atoms with Crippen LogP contribution in [0.25, 0.3) is 0 Å². The van der Waals surface area contributed by atoms with Gasteiger partial charge in [0.15, 0.2) is 0 Å². The van der Waals surface area contributed by atoms with Crippen molar-refractivity contribution in [2.75, 3.05) is 11.9 Å². The monoisotopic (exact) mass is 314 g/mol. The number of aromatic nitrogens is 2. The van der Waals surface area contributed by atoms with Crippen molar-refractivity contribution in [2.24, 2.45) is 11.1 Å². The van der Waals surface area contributed by atoms with E-state index in [4.69, 9.17) is 5.73 Å². The van der Waals surface area contributed by atoms with Gasteiger partial charge >= 0.3 is 0 Å². The van der Waals surface area contributed by atoms with E-state index in [1.807, 2.05) is 34.6 Å². The molecule has 0 unspecified atom stereocenters. The van der Waals surface area contributed by atoms with Gasteiger partial charge in [0.25, 0.3) is 0 Å². The minimum atomic E-state index is -0.511. The summed E-state index contributed by atoms with van der Waals surface area (Å²) >= 11 is 0. The van der Waals surface area contributed by atoms with Crippen LogP contribution in [0.2, 0.25) is 0 Å². The lowest BCUT2D eigenvalue weighted by atomic mass is 9.81. The standard InChI is InChI=1S/C15H26N4O.ClH/c1-6-15(7-2,10-16)13(20)19-11-8-17-12(18-9-11)14(3,4)5;/h8-9H,6-7,10,16H2,1-5H3,(H,19,20);1H. The second-order valence-electron chi connectivity index (χ2n) is 6.19. The first kappa shape index (κ1) is 19.8. The van der Waals surface area contributed by atoms with Crippen LogP contribution in [0, 0.1) is 5.41 Å². The number of carbonyl (C=O) groups excluding carboxylic acids is 1. The number of nitrogens with one attached hydrogen (secondary N) is 1. The molecule has 6 heteroatoms. The fraction of sp³-hybridized carbons (Fsp3) is 0.667. The molecular formula is C15H27ClN4O. The van der Waals surface area contributed by atoms with Gasteiger partial charge in [0.2, 0.25) is 5.91 Å². The predicted molar refractivity (Wildman–Crippen MR) is 88.7 cm³/mol. The number of halogens is 1. The van der Waals surface area contributed by atoms with Crippen molar-refractivity contribution >= 4 is 24.0 Å². The molecule has 0 spiro atoms. The lowest BCUT2D eigenvalue weighted by molar-refractivity contribution is -0.125. The van der Waals surface area contributed by atoms with Crippen LogP contribution in [0.5, 0.6) is 0 Å². The maximum atomic E-state index is 12.4. The van der Waals surface area contributed by atoms with Gasteiger partial charge in [0, 0.05) is 12.0 Å². The number of hydrogen-bond donors (Lipinski definition) is 2. The highest BCUT2D eigenvalue weighted by Gasteiger charge is 2.33. The molecule has 0 saturated heterocycles. The van der Waals surface area contributed by atoms with Crippen molar-refractivity contribution in [1.29, 1.82) is 0 Å². The summed E-state index contributed by atoms with van der Waals surface area (Å²) in [6, 6.07) is 0. The first-order valence-corrected chi connectivity index (χ1v) is 7.13. The number of nitrogens with zero attached hydrogens (tertiary/aromatic N) is 2. The second kappa shape index (κ2) is 7.71. The fourth-order valence-corrected chi connectivity index (χ4v) is 2.00. The smallest absolute Gasteiger partial charge is 0.231 e. The van der Waals surface area contributed by atoms with Crippen LogP contribution in [0.4, 0.5) is 5.69 Å². The van der Waals surface area contributed by atoms with Gasteiger partial charge in [-0.25, -0.2) is 9.97 Å². The molecule has 0 radical (unpaired) electrons. The summed E-state index contributed by atoms with van der Waals surface area (Å²) in [7, 11) is 0. The maximum absolute atomic E-state index is 12.4. The molecule has 0 aliphatic heterocycles. The summed E-state index contributed by atoms with van der Waals surface area (Å²) in [4.78, 5) is 21.0. The van der Waals surface area contributed by atoms with Gasteiger partial charge in [-0.05, 0) is 12.8 Å². The molecule has 0 aliphatic rings. The van der Waals surface area contributed by atoms with Crippen molar-refractivity contribution in [1.82, 2.24) is 9.97 Å². The SMILES string of the molecule is CCC(CC)(CN)C(=O)Nc1cnc(C(C)(C)C)nc1.Cl.